The van der Waals surface area contributed by atoms with Crippen LogP contribution >= 0.6 is 11.6 Å². The third kappa shape index (κ3) is 4.10. The number of rotatable bonds is 4. The summed E-state index contributed by atoms with van der Waals surface area (Å²) in [6, 6.07) is 7.57. The van der Waals surface area contributed by atoms with Crippen molar-refractivity contribution in [1.82, 2.24) is 10.2 Å². The highest BCUT2D eigenvalue weighted by Gasteiger charge is 2.39. The first kappa shape index (κ1) is 21.2. The summed E-state index contributed by atoms with van der Waals surface area (Å²) >= 11 is 6.11. The molecule has 1 saturated carbocycles. The van der Waals surface area contributed by atoms with Gasteiger partial charge in [-0.15, -0.1) is 0 Å². The summed E-state index contributed by atoms with van der Waals surface area (Å²) in [4.78, 5) is 50.7. The van der Waals surface area contributed by atoms with Gasteiger partial charge in [0, 0.05) is 29.1 Å². The summed E-state index contributed by atoms with van der Waals surface area (Å²) < 4.78 is 13.5. The van der Waals surface area contributed by atoms with Crippen LogP contribution in [0.1, 0.15) is 64.1 Å². The molecule has 6 nitrogen and oxygen atoms in total. The van der Waals surface area contributed by atoms with Gasteiger partial charge in [-0.05, 0) is 60.9 Å². The van der Waals surface area contributed by atoms with Gasteiger partial charge in [-0.2, -0.15) is 0 Å². The van der Waals surface area contributed by atoms with E-state index in [-0.39, 0.29) is 42.8 Å². The van der Waals surface area contributed by atoms with E-state index in [2.05, 4.69) is 5.32 Å². The van der Waals surface area contributed by atoms with Crippen LogP contribution in [-0.4, -0.2) is 34.3 Å². The Balaban J connectivity index is 1.50. The molecule has 1 aliphatic carbocycles. The minimum Gasteiger partial charge on any atom is -0.345 e. The highest BCUT2D eigenvalue weighted by atomic mass is 35.5. The largest absolute Gasteiger partial charge is 0.345 e. The van der Waals surface area contributed by atoms with Crippen molar-refractivity contribution in [3.05, 3.63) is 69.5 Å². The number of Topliss-reactive ketones (excluding diaryl/α,β-unsaturated/α-hetero) is 2. The molecule has 1 heterocycles. The van der Waals surface area contributed by atoms with Crippen molar-refractivity contribution in [1.29, 1.82) is 0 Å². The summed E-state index contributed by atoms with van der Waals surface area (Å²) in [5, 5.41) is 3.14. The highest BCUT2D eigenvalue weighted by molar-refractivity contribution is 6.31. The molecular weight excluding hydrogens is 423 g/mol. The van der Waals surface area contributed by atoms with Crippen LogP contribution in [0, 0.1) is 5.82 Å². The first-order valence-corrected chi connectivity index (χ1v) is 10.4. The van der Waals surface area contributed by atoms with E-state index in [1.54, 1.807) is 25.1 Å². The Bertz CT molecular complexity index is 1120. The van der Waals surface area contributed by atoms with Crippen LogP contribution < -0.4 is 5.32 Å². The maximum absolute atomic E-state index is 13.5. The Morgan fingerprint density at radius 3 is 2.71 bits per heavy atom. The first-order chi connectivity index (χ1) is 14.7. The zero-order valence-corrected chi connectivity index (χ0v) is 17.5. The molecule has 2 amide bonds. The van der Waals surface area contributed by atoms with E-state index in [0.29, 0.717) is 33.7 Å². The number of carbonyl (C=O) groups excluding carboxylic acids is 4. The van der Waals surface area contributed by atoms with Crippen LogP contribution in [0.5, 0.6) is 0 Å². The molecule has 4 rings (SSSR count). The zero-order valence-electron chi connectivity index (χ0n) is 16.8. The average molecular weight is 443 g/mol. The van der Waals surface area contributed by atoms with E-state index < -0.39 is 17.9 Å². The van der Waals surface area contributed by atoms with Crippen LogP contribution in [-0.2, 0) is 16.1 Å². The molecule has 31 heavy (non-hydrogen) atoms. The molecule has 0 radical (unpaired) electrons. The molecule has 2 atom stereocenters. The number of ketones is 2. The smallest absolute Gasteiger partial charge is 0.255 e. The van der Waals surface area contributed by atoms with Crippen molar-refractivity contribution < 1.29 is 23.6 Å². The Hall–Kier alpha value is -3.06. The number of carbonyl (C=O) groups is 4. The molecule has 0 saturated heterocycles. The first-order valence-electron chi connectivity index (χ1n) is 9.98. The van der Waals surface area contributed by atoms with Gasteiger partial charge in [-0.25, -0.2) is 4.39 Å². The van der Waals surface area contributed by atoms with Crippen molar-refractivity contribution in [3.63, 3.8) is 0 Å². The maximum atomic E-state index is 13.5. The van der Waals surface area contributed by atoms with Gasteiger partial charge in [0.25, 0.3) is 11.8 Å². The lowest BCUT2D eigenvalue weighted by Gasteiger charge is -2.29. The van der Waals surface area contributed by atoms with E-state index in [1.807, 2.05) is 0 Å². The van der Waals surface area contributed by atoms with Crippen molar-refractivity contribution in [2.24, 2.45) is 0 Å². The second kappa shape index (κ2) is 8.23. The van der Waals surface area contributed by atoms with Crippen LogP contribution in [0.4, 0.5) is 4.39 Å². The lowest BCUT2D eigenvalue weighted by molar-refractivity contribution is -0.133. The standard InChI is InChI=1S/C23H20ClFN2O4/c1-12(18-9-15(25)3-6-19(18)24)26-22(30)13-2-5-17-14(8-13)11-27(23(17)31)20-7-4-16(28)10-21(20)29/h2-3,5-6,8-9,12,20H,4,7,10-11H2,1H3,(H,26,30)/t12-,20?/m0/s1. The SMILES string of the molecule is C[C@H](NC(=O)c1ccc2c(c1)CN(C1CCC(=O)CC1=O)C2=O)c1cc(F)ccc1Cl. The predicted molar refractivity (Wildman–Crippen MR) is 111 cm³/mol. The lowest BCUT2D eigenvalue weighted by Crippen LogP contribution is -2.44. The lowest BCUT2D eigenvalue weighted by atomic mass is 9.92. The fraction of sp³-hybridized carbons (Fsp3) is 0.304. The number of nitrogens with one attached hydrogen (secondary N) is 1. The molecule has 0 spiro atoms. The second-order valence-electron chi connectivity index (χ2n) is 7.90. The summed E-state index contributed by atoms with van der Waals surface area (Å²) in [5.41, 5.74) is 1.90. The fourth-order valence-corrected chi connectivity index (χ4v) is 4.41. The zero-order chi connectivity index (χ0) is 22.3. The molecular formula is C23H20ClFN2O4. The average Bonchev–Trinajstić information content (AvgIpc) is 3.05. The maximum Gasteiger partial charge on any atom is 0.255 e. The molecule has 1 unspecified atom stereocenters. The highest BCUT2D eigenvalue weighted by Crippen LogP contribution is 2.30. The van der Waals surface area contributed by atoms with Gasteiger partial charge >= 0.3 is 0 Å². The third-order valence-corrected chi connectivity index (χ3v) is 6.13. The quantitative estimate of drug-likeness (QED) is 0.733. The number of nitrogens with zero attached hydrogens (tertiary/aromatic N) is 1. The minimum absolute atomic E-state index is 0.100. The number of hydrogen-bond acceptors (Lipinski definition) is 4. The fourth-order valence-electron chi connectivity index (χ4n) is 4.13. The monoisotopic (exact) mass is 442 g/mol. The van der Waals surface area contributed by atoms with Crippen LogP contribution in [0.15, 0.2) is 36.4 Å². The summed E-state index contributed by atoms with van der Waals surface area (Å²) in [6.07, 6.45) is 0.473. The van der Waals surface area contributed by atoms with Crippen molar-refractivity contribution in [2.75, 3.05) is 0 Å². The van der Waals surface area contributed by atoms with Crippen molar-refractivity contribution in [3.8, 4) is 0 Å². The van der Waals surface area contributed by atoms with Gasteiger partial charge in [0.2, 0.25) is 0 Å². The van der Waals surface area contributed by atoms with E-state index in [0.717, 1.165) is 0 Å². The van der Waals surface area contributed by atoms with Gasteiger partial charge in [0.05, 0.1) is 18.5 Å². The van der Waals surface area contributed by atoms with Gasteiger partial charge < -0.3 is 10.2 Å². The minimum atomic E-state index is -0.606. The molecule has 0 aromatic heterocycles. The molecule has 1 fully saturated rings. The van der Waals surface area contributed by atoms with Crippen LogP contribution in [0.3, 0.4) is 0 Å². The predicted octanol–water partition coefficient (Wildman–Crippen LogP) is 3.62. The molecule has 2 aliphatic rings. The number of benzene rings is 2. The van der Waals surface area contributed by atoms with Crippen molar-refractivity contribution >= 4 is 35.0 Å². The van der Waals surface area contributed by atoms with Crippen LogP contribution in [0.25, 0.3) is 0 Å². The number of halogens is 2. The third-order valence-electron chi connectivity index (χ3n) is 5.79. The summed E-state index contributed by atoms with van der Waals surface area (Å²) in [6.45, 7) is 1.92. The van der Waals surface area contributed by atoms with E-state index in [4.69, 9.17) is 11.6 Å². The van der Waals surface area contributed by atoms with E-state index in [9.17, 15) is 23.6 Å². The molecule has 2 aromatic rings. The normalized spacial score (nSPS) is 19.4. The van der Waals surface area contributed by atoms with E-state index in [1.165, 1.54) is 23.1 Å². The van der Waals surface area contributed by atoms with Gasteiger partial charge in [0.1, 0.15) is 11.6 Å². The van der Waals surface area contributed by atoms with Crippen molar-refractivity contribution in [2.45, 2.75) is 44.8 Å². The Morgan fingerprint density at radius 2 is 1.97 bits per heavy atom. The van der Waals surface area contributed by atoms with E-state index >= 15 is 0 Å². The van der Waals surface area contributed by atoms with Gasteiger partial charge in [-0.3, -0.25) is 19.2 Å². The molecule has 1 N–H and O–H groups in total. The second-order valence-corrected chi connectivity index (χ2v) is 8.31. The molecule has 0 bridgehead atoms. The summed E-state index contributed by atoms with van der Waals surface area (Å²) in [5.74, 6) is -1.45. The molecule has 2 aromatic carbocycles. The molecule has 8 heteroatoms. The Kier molecular flexibility index (Phi) is 5.62. The number of hydrogen-bond donors (Lipinski definition) is 1. The molecule has 1 aliphatic heterocycles. The Labute approximate surface area is 183 Å². The Morgan fingerprint density at radius 1 is 1.19 bits per heavy atom. The topological polar surface area (TPSA) is 83.6 Å². The summed E-state index contributed by atoms with van der Waals surface area (Å²) in [7, 11) is 0. The van der Waals surface area contributed by atoms with Gasteiger partial charge in [0.15, 0.2) is 5.78 Å². The number of amides is 2. The van der Waals surface area contributed by atoms with Gasteiger partial charge in [-0.1, -0.05) is 11.6 Å². The van der Waals surface area contributed by atoms with Crippen LogP contribution in [0.2, 0.25) is 5.02 Å². The number of fused-ring (bicyclic) bond motifs is 1. The molecule has 160 valence electrons.